The summed E-state index contributed by atoms with van der Waals surface area (Å²) in [6.07, 6.45) is -3.80. The number of halogens is 3. The summed E-state index contributed by atoms with van der Waals surface area (Å²) in [5, 5.41) is 2.34. The molecule has 1 saturated heterocycles. The molecular weight excluding hydrogens is 373 g/mol. The normalized spacial score (nSPS) is 23.4. The van der Waals surface area contributed by atoms with E-state index in [0.717, 1.165) is 12.5 Å². The predicted molar refractivity (Wildman–Crippen MR) is 98.3 cm³/mol. The number of hydrogen-bond donors (Lipinski definition) is 1. The number of hydrogen-bond acceptors (Lipinski definition) is 3. The van der Waals surface area contributed by atoms with Crippen molar-refractivity contribution in [3.63, 3.8) is 0 Å². The number of carbonyl (C=O) groups is 2. The molecule has 28 heavy (non-hydrogen) atoms. The Morgan fingerprint density at radius 1 is 1.21 bits per heavy atom. The molecule has 0 saturated carbocycles. The number of amides is 2. The van der Waals surface area contributed by atoms with Gasteiger partial charge in [-0.25, -0.2) is 4.79 Å². The van der Waals surface area contributed by atoms with Crippen LogP contribution in [0.25, 0.3) is 0 Å². The number of anilines is 1. The lowest BCUT2D eigenvalue weighted by atomic mass is 9.80. The van der Waals surface area contributed by atoms with Crippen molar-refractivity contribution in [2.45, 2.75) is 63.6 Å². The van der Waals surface area contributed by atoms with E-state index in [1.165, 1.54) is 6.07 Å². The van der Waals surface area contributed by atoms with Gasteiger partial charge in [0.1, 0.15) is 5.60 Å². The van der Waals surface area contributed by atoms with Gasteiger partial charge >= 0.3 is 12.3 Å². The predicted octanol–water partition coefficient (Wildman–Crippen LogP) is 4.57. The highest BCUT2D eigenvalue weighted by Crippen LogP contribution is 2.49. The Kier molecular flexibility index (Phi) is 4.88. The van der Waals surface area contributed by atoms with E-state index in [4.69, 9.17) is 4.74 Å². The fourth-order valence-corrected chi connectivity index (χ4v) is 3.71. The van der Waals surface area contributed by atoms with E-state index in [2.05, 4.69) is 5.32 Å². The number of ether oxygens (including phenoxy) is 1. The molecule has 0 radical (unpaired) electrons. The van der Waals surface area contributed by atoms with Crippen molar-refractivity contribution in [3.05, 3.63) is 29.3 Å². The second kappa shape index (κ2) is 6.67. The Labute approximate surface area is 162 Å². The largest absolute Gasteiger partial charge is 0.444 e. The zero-order chi connectivity index (χ0) is 20.9. The summed E-state index contributed by atoms with van der Waals surface area (Å²) in [5.74, 6) is -1.02. The molecule has 1 aromatic carbocycles. The number of alkyl halides is 3. The first-order valence-electron chi connectivity index (χ1n) is 9.33. The van der Waals surface area contributed by atoms with Crippen molar-refractivity contribution in [3.8, 4) is 0 Å². The minimum atomic E-state index is -4.68. The maximum atomic E-state index is 13.6. The molecule has 154 valence electrons. The van der Waals surface area contributed by atoms with Gasteiger partial charge in [-0.2, -0.15) is 13.2 Å². The SMILES string of the molecule is CC(C)(C)OC(=O)N1CCC(c2ccc3c(c2)C(C)(C(F)(F)F)C(=O)N3)CC1. The van der Waals surface area contributed by atoms with Crippen LogP contribution in [0.15, 0.2) is 18.2 Å². The van der Waals surface area contributed by atoms with Crippen molar-refractivity contribution in [2.24, 2.45) is 0 Å². The highest BCUT2D eigenvalue weighted by Gasteiger charge is 2.61. The number of benzene rings is 1. The van der Waals surface area contributed by atoms with Crippen molar-refractivity contribution in [1.29, 1.82) is 0 Å². The van der Waals surface area contributed by atoms with Crippen molar-refractivity contribution >= 4 is 17.7 Å². The average molecular weight is 398 g/mol. The van der Waals surface area contributed by atoms with Gasteiger partial charge in [0.05, 0.1) is 0 Å². The van der Waals surface area contributed by atoms with Crippen LogP contribution in [0, 0.1) is 0 Å². The second-order valence-corrected chi connectivity index (χ2v) is 8.62. The molecule has 0 aliphatic carbocycles. The number of likely N-dealkylation sites (tertiary alicyclic amines) is 1. The maximum Gasteiger partial charge on any atom is 0.410 e. The van der Waals surface area contributed by atoms with Crippen LogP contribution >= 0.6 is 0 Å². The third kappa shape index (κ3) is 3.56. The number of fused-ring (bicyclic) bond motifs is 1. The number of rotatable bonds is 1. The molecule has 1 fully saturated rings. The number of nitrogens with one attached hydrogen (secondary N) is 1. The van der Waals surface area contributed by atoms with Gasteiger partial charge in [0, 0.05) is 24.3 Å². The molecule has 0 spiro atoms. The molecular formula is C20H25F3N2O3. The zero-order valence-corrected chi connectivity index (χ0v) is 16.4. The fourth-order valence-electron chi connectivity index (χ4n) is 3.71. The summed E-state index contributed by atoms with van der Waals surface area (Å²) in [6, 6.07) is 4.79. The molecule has 5 nitrogen and oxygen atoms in total. The Bertz CT molecular complexity index is 793. The number of nitrogens with zero attached hydrogens (tertiary/aromatic N) is 1. The first-order chi connectivity index (χ1) is 12.8. The van der Waals surface area contributed by atoms with Gasteiger partial charge in [-0.1, -0.05) is 12.1 Å². The van der Waals surface area contributed by atoms with E-state index in [-0.39, 0.29) is 23.3 Å². The monoisotopic (exact) mass is 398 g/mol. The van der Waals surface area contributed by atoms with Crippen LogP contribution in [0.4, 0.5) is 23.7 Å². The maximum absolute atomic E-state index is 13.6. The lowest BCUT2D eigenvalue weighted by molar-refractivity contribution is -0.186. The van der Waals surface area contributed by atoms with Crippen LogP contribution in [0.1, 0.15) is 57.6 Å². The highest BCUT2D eigenvalue weighted by atomic mass is 19.4. The van der Waals surface area contributed by atoms with Gasteiger partial charge in [-0.15, -0.1) is 0 Å². The van der Waals surface area contributed by atoms with Gasteiger partial charge < -0.3 is 15.0 Å². The van der Waals surface area contributed by atoms with E-state index in [0.29, 0.717) is 25.9 Å². The van der Waals surface area contributed by atoms with Crippen LogP contribution in [-0.2, 0) is 14.9 Å². The Hall–Kier alpha value is -2.25. The molecule has 1 unspecified atom stereocenters. The van der Waals surface area contributed by atoms with Gasteiger partial charge in [0.2, 0.25) is 5.91 Å². The Balaban J connectivity index is 1.76. The van der Waals surface area contributed by atoms with Gasteiger partial charge in [-0.05, 0) is 58.1 Å². The fraction of sp³-hybridized carbons (Fsp3) is 0.600. The molecule has 2 amide bonds. The van der Waals surface area contributed by atoms with Crippen LogP contribution in [0.5, 0.6) is 0 Å². The van der Waals surface area contributed by atoms with E-state index in [1.807, 2.05) is 0 Å². The third-order valence-corrected chi connectivity index (χ3v) is 5.47. The standard InChI is InChI=1S/C20H25F3N2O3/c1-18(2,3)28-17(27)25-9-7-12(8-10-25)13-5-6-15-14(11-13)19(4,16(26)24-15)20(21,22)23/h5-6,11-12H,7-10H2,1-4H3,(H,24,26). The quantitative estimate of drug-likeness (QED) is 0.754. The average Bonchev–Trinajstić information content (AvgIpc) is 2.85. The summed E-state index contributed by atoms with van der Waals surface area (Å²) in [5.41, 5.74) is -2.18. The van der Waals surface area contributed by atoms with Gasteiger partial charge in [0.25, 0.3) is 0 Å². The van der Waals surface area contributed by atoms with E-state index in [9.17, 15) is 22.8 Å². The molecule has 1 aromatic rings. The van der Waals surface area contributed by atoms with Crippen molar-refractivity contribution in [1.82, 2.24) is 4.90 Å². The molecule has 2 aliphatic rings. The third-order valence-electron chi connectivity index (χ3n) is 5.47. The van der Waals surface area contributed by atoms with Crippen LogP contribution in [0.2, 0.25) is 0 Å². The molecule has 1 atom stereocenters. The zero-order valence-electron chi connectivity index (χ0n) is 16.4. The van der Waals surface area contributed by atoms with Gasteiger partial charge in [-0.3, -0.25) is 4.79 Å². The van der Waals surface area contributed by atoms with Crippen molar-refractivity contribution in [2.75, 3.05) is 18.4 Å². The first kappa shape index (κ1) is 20.5. The van der Waals surface area contributed by atoms with E-state index < -0.39 is 23.1 Å². The van der Waals surface area contributed by atoms with E-state index >= 15 is 0 Å². The smallest absolute Gasteiger partial charge is 0.410 e. The second-order valence-electron chi connectivity index (χ2n) is 8.62. The van der Waals surface area contributed by atoms with Crippen LogP contribution in [0.3, 0.4) is 0 Å². The molecule has 8 heteroatoms. The minimum absolute atomic E-state index is 0.0252. The van der Waals surface area contributed by atoms with Crippen LogP contribution < -0.4 is 5.32 Å². The van der Waals surface area contributed by atoms with Crippen molar-refractivity contribution < 1.29 is 27.5 Å². The summed E-state index contributed by atoms with van der Waals surface area (Å²) < 4.78 is 46.2. The van der Waals surface area contributed by atoms with Crippen LogP contribution in [-0.4, -0.2) is 41.8 Å². The molecule has 2 heterocycles. The summed E-state index contributed by atoms with van der Waals surface area (Å²) in [4.78, 5) is 25.8. The summed E-state index contributed by atoms with van der Waals surface area (Å²) in [6.45, 7) is 7.28. The van der Waals surface area contributed by atoms with Gasteiger partial charge in [0.15, 0.2) is 5.41 Å². The number of carbonyl (C=O) groups excluding carboxylic acids is 2. The topological polar surface area (TPSA) is 58.6 Å². The molecule has 2 aliphatic heterocycles. The summed E-state index contributed by atoms with van der Waals surface area (Å²) in [7, 11) is 0. The Morgan fingerprint density at radius 3 is 2.36 bits per heavy atom. The highest BCUT2D eigenvalue weighted by molar-refractivity contribution is 6.06. The Morgan fingerprint density at radius 2 is 1.82 bits per heavy atom. The number of piperidine rings is 1. The minimum Gasteiger partial charge on any atom is -0.444 e. The molecule has 3 rings (SSSR count). The van der Waals surface area contributed by atoms with E-state index in [1.54, 1.807) is 37.8 Å². The molecule has 1 N–H and O–H groups in total. The molecule has 0 aromatic heterocycles. The summed E-state index contributed by atoms with van der Waals surface area (Å²) >= 11 is 0. The lowest BCUT2D eigenvalue weighted by Crippen LogP contribution is -2.45. The lowest BCUT2D eigenvalue weighted by Gasteiger charge is -2.34. The first-order valence-corrected chi connectivity index (χ1v) is 9.33. The molecule has 0 bridgehead atoms.